The van der Waals surface area contributed by atoms with Crippen LogP contribution in [-0.2, 0) is 25.4 Å². The molecular formula is C29H35N7O6. The van der Waals surface area contributed by atoms with Crippen LogP contribution in [0, 0.1) is 0 Å². The van der Waals surface area contributed by atoms with Gasteiger partial charge in [0.1, 0.15) is 11.6 Å². The second-order valence-corrected chi connectivity index (χ2v) is 10.6. The summed E-state index contributed by atoms with van der Waals surface area (Å²) in [7, 11) is 1.25. The van der Waals surface area contributed by atoms with Gasteiger partial charge in [0.2, 0.25) is 0 Å². The lowest BCUT2D eigenvalue weighted by atomic mass is 10.0. The van der Waals surface area contributed by atoms with Gasteiger partial charge < -0.3 is 35.5 Å². The Labute approximate surface area is 243 Å². The first-order valence-corrected chi connectivity index (χ1v) is 13.4. The van der Waals surface area contributed by atoms with Gasteiger partial charge in [0.25, 0.3) is 5.91 Å². The predicted octanol–water partition coefficient (Wildman–Crippen LogP) is 2.82. The molecule has 42 heavy (non-hydrogen) atoms. The lowest BCUT2D eigenvalue weighted by Gasteiger charge is -2.30. The number of anilines is 3. The Morgan fingerprint density at radius 2 is 1.81 bits per heavy atom. The molecule has 0 saturated carbocycles. The number of morpholine rings is 1. The molecule has 13 heteroatoms. The van der Waals surface area contributed by atoms with E-state index < -0.39 is 29.6 Å². The number of amides is 2. The van der Waals surface area contributed by atoms with Crippen molar-refractivity contribution in [2.75, 3.05) is 49.4 Å². The minimum Gasteiger partial charge on any atom is -0.467 e. The Kier molecular flexibility index (Phi) is 9.53. The maximum absolute atomic E-state index is 13.2. The highest BCUT2D eigenvalue weighted by Crippen LogP contribution is 2.27. The first-order valence-electron chi connectivity index (χ1n) is 13.4. The molecule has 1 fully saturated rings. The lowest BCUT2D eigenvalue weighted by Crippen LogP contribution is -2.45. The number of esters is 1. The average Bonchev–Trinajstić information content (AvgIpc) is 2.97. The quantitative estimate of drug-likeness (QED) is 0.336. The first kappa shape index (κ1) is 30.2. The zero-order valence-corrected chi connectivity index (χ0v) is 24.0. The molecule has 222 valence electrons. The number of nitrogen functional groups attached to an aromatic ring is 1. The van der Waals surface area contributed by atoms with Gasteiger partial charge >= 0.3 is 12.1 Å². The van der Waals surface area contributed by atoms with Crippen molar-refractivity contribution < 1.29 is 28.6 Å². The Hall–Kier alpha value is -4.78. The molecule has 0 bridgehead atoms. The van der Waals surface area contributed by atoms with Gasteiger partial charge in [0.15, 0.2) is 11.5 Å². The van der Waals surface area contributed by atoms with Gasteiger partial charge in [-0.05, 0) is 32.4 Å². The van der Waals surface area contributed by atoms with E-state index in [1.807, 2.05) is 6.07 Å². The minimum absolute atomic E-state index is 0.0150. The zero-order valence-electron chi connectivity index (χ0n) is 24.0. The van der Waals surface area contributed by atoms with Crippen molar-refractivity contribution in [1.29, 1.82) is 0 Å². The lowest BCUT2D eigenvalue weighted by molar-refractivity contribution is -0.143. The van der Waals surface area contributed by atoms with Gasteiger partial charge in [-0.15, -0.1) is 0 Å². The second-order valence-electron chi connectivity index (χ2n) is 10.6. The first-order chi connectivity index (χ1) is 20.0. The molecule has 13 nitrogen and oxygen atoms in total. The molecule has 0 unspecified atom stereocenters. The van der Waals surface area contributed by atoms with Crippen molar-refractivity contribution in [2.24, 2.45) is 0 Å². The van der Waals surface area contributed by atoms with E-state index in [0.29, 0.717) is 43.2 Å². The molecule has 3 heterocycles. The highest BCUT2D eigenvalue weighted by atomic mass is 16.6. The number of methoxy groups -OCH3 is 1. The minimum atomic E-state index is -0.947. The van der Waals surface area contributed by atoms with Crippen molar-refractivity contribution >= 4 is 35.2 Å². The molecule has 0 spiro atoms. The fourth-order valence-corrected chi connectivity index (χ4v) is 4.28. The number of pyridine rings is 1. The Balaban J connectivity index is 1.48. The number of nitrogens with two attached hydrogens (primary N) is 1. The van der Waals surface area contributed by atoms with E-state index in [-0.39, 0.29) is 17.9 Å². The third-order valence-corrected chi connectivity index (χ3v) is 6.28. The summed E-state index contributed by atoms with van der Waals surface area (Å²) < 4.78 is 15.5. The summed E-state index contributed by atoms with van der Waals surface area (Å²) in [6, 6.07) is 8.00. The van der Waals surface area contributed by atoms with Crippen LogP contribution in [0.15, 0.2) is 48.9 Å². The molecular weight excluding hydrogens is 542 g/mol. The van der Waals surface area contributed by atoms with Gasteiger partial charge in [-0.3, -0.25) is 9.78 Å². The molecule has 1 saturated heterocycles. The van der Waals surface area contributed by atoms with Gasteiger partial charge in [-0.2, -0.15) is 0 Å². The Bertz CT molecular complexity index is 1420. The molecule has 0 aliphatic carbocycles. The van der Waals surface area contributed by atoms with E-state index in [9.17, 15) is 14.4 Å². The van der Waals surface area contributed by atoms with Crippen LogP contribution in [0.25, 0.3) is 11.3 Å². The Morgan fingerprint density at radius 3 is 2.48 bits per heavy atom. The maximum Gasteiger partial charge on any atom is 0.408 e. The zero-order chi connectivity index (χ0) is 30.3. The van der Waals surface area contributed by atoms with Crippen molar-refractivity contribution in [2.45, 2.75) is 38.8 Å². The van der Waals surface area contributed by atoms with Gasteiger partial charge in [0, 0.05) is 31.3 Å². The van der Waals surface area contributed by atoms with E-state index in [2.05, 4.69) is 30.5 Å². The topological polar surface area (TPSA) is 171 Å². The van der Waals surface area contributed by atoms with Crippen molar-refractivity contribution in [1.82, 2.24) is 20.3 Å². The number of ether oxygens (including phenoxy) is 3. The van der Waals surface area contributed by atoms with E-state index in [1.165, 1.54) is 13.3 Å². The third kappa shape index (κ3) is 7.91. The van der Waals surface area contributed by atoms with Crippen LogP contribution in [0.4, 0.5) is 22.0 Å². The summed E-state index contributed by atoms with van der Waals surface area (Å²) >= 11 is 0. The number of aromatic nitrogens is 3. The second kappa shape index (κ2) is 13.3. The van der Waals surface area contributed by atoms with Crippen LogP contribution in [0.1, 0.15) is 36.8 Å². The molecule has 1 aliphatic rings. The predicted molar refractivity (Wildman–Crippen MR) is 156 cm³/mol. The number of hydrogen-bond acceptors (Lipinski definition) is 11. The van der Waals surface area contributed by atoms with Crippen LogP contribution in [-0.4, -0.2) is 78.0 Å². The van der Waals surface area contributed by atoms with Gasteiger partial charge in [-0.25, -0.2) is 19.6 Å². The summed E-state index contributed by atoms with van der Waals surface area (Å²) in [4.78, 5) is 52.7. The normalized spacial score (nSPS) is 14.0. The van der Waals surface area contributed by atoms with E-state index in [4.69, 9.17) is 19.9 Å². The molecule has 4 N–H and O–H groups in total. The average molecular weight is 578 g/mol. The smallest absolute Gasteiger partial charge is 0.408 e. The van der Waals surface area contributed by atoms with Crippen LogP contribution in [0.5, 0.6) is 0 Å². The molecule has 1 atom stereocenters. The van der Waals surface area contributed by atoms with Crippen LogP contribution >= 0.6 is 0 Å². The number of nitrogens with one attached hydrogen (secondary N) is 2. The van der Waals surface area contributed by atoms with E-state index >= 15 is 0 Å². The molecule has 2 aromatic heterocycles. The third-order valence-electron chi connectivity index (χ3n) is 6.28. The summed E-state index contributed by atoms with van der Waals surface area (Å²) in [5.41, 5.74) is 8.49. The van der Waals surface area contributed by atoms with Crippen LogP contribution < -0.4 is 21.3 Å². The number of carbonyl (C=O) groups is 3. The Morgan fingerprint density at radius 1 is 1.10 bits per heavy atom. The van der Waals surface area contributed by atoms with Crippen molar-refractivity contribution in [3.63, 3.8) is 0 Å². The molecule has 2 amide bonds. The maximum atomic E-state index is 13.2. The SMILES string of the molecule is COC(=O)[C@H](Cc1ccc(-c2cnc(N)c(C(=O)Nc3cnccc3N3CCOCC3)n2)cc1)NC(=O)OC(C)(C)C. The monoisotopic (exact) mass is 577 g/mol. The number of hydrogen-bond donors (Lipinski definition) is 3. The molecule has 0 radical (unpaired) electrons. The fraction of sp³-hybridized carbons (Fsp3) is 0.379. The summed E-state index contributed by atoms with van der Waals surface area (Å²) in [6.07, 6.45) is 4.17. The van der Waals surface area contributed by atoms with Crippen LogP contribution in [0.3, 0.4) is 0 Å². The largest absolute Gasteiger partial charge is 0.467 e. The number of nitrogens with zero attached hydrogens (tertiary/aromatic N) is 4. The molecule has 3 aromatic rings. The number of alkyl carbamates (subject to hydrolysis) is 1. The van der Waals surface area contributed by atoms with Gasteiger partial charge in [-0.1, -0.05) is 24.3 Å². The molecule has 4 rings (SSSR count). The number of rotatable bonds is 8. The van der Waals surface area contributed by atoms with E-state index in [0.717, 1.165) is 11.3 Å². The summed E-state index contributed by atoms with van der Waals surface area (Å²) in [6.45, 7) is 7.77. The van der Waals surface area contributed by atoms with E-state index in [1.54, 1.807) is 57.4 Å². The summed E-state index contributed by atoms with van der Waals surface area (Å²) in [5, 5.41) is 5.42. The fourth-order valence-electron chi connectivity index (χ4n) is 4.28. The van der Waals surface area contributed by atoms with Crippen molar-refractivity contribution in [3.8, 4) is 11.3 Å². The van der Waals surface area contributed by atoms with Crippen molar-refractivity contribution in [3.05, 3.63) is 60.2 Å². The highest BCUT2D eigenvalue weighted by Gasteiger charge is 2.25. The van der Waals surface area contributed by atoms with Gasteiger partial charge in [0.05, 0.1) is 49.8 Å². The molecule has 1 aliphatic heterocycles. The van der Waals surface area contributed by atoms with Crippen LogP contribution in [0.2, 0.25) is 0 Å². The number of carbonyl (C=O) groups excluding carboxylic acids is 3. The number of benzene rings is 1. The highest BCUT2D eigenvalue weighted by molar-refractivity contribution is 6.07. The summed E-state index contributed by atoms with van der Waals surface area (Å²) in [5.74, 6) is -1.13. The molecule has 1 aromatic carbocycles. The standard InChI is InChI=1S/C29H35N7O6/c1-29(2,3)42-28(39)35-20(27(38)40-4)15-18-5-7-19(8-6-18)21-17-32-25(30)24(33-21)26(37)34-22-16-31-10-9-23(22)36-11-13-41-14-12-36/h5-10,16-17,20H,11-15H2,1-4H3,(H2,30,32)(H,34,37)(H,35,39)/t20-/m0/s1.